The van der Waals surface area contributed by atoms with E-state index in [1.807, 2.05) is 44.9 Å². The average Bonchev–Trinajstić information content (AvgIpc) is 2.87. The van der Waals surface area contributed by atoms with Gasteiger partial charge in [0.05, 0.1) is 22.3 Å². The van der Waals surface area contributed by atoms with E-state index in [2.05, 4.69) is 22.0 Å². The molecule has 0 radical (unpaired) electrons. The van der Waals surface area contributed by atoms with Gasteiger partial charge in [-0.1, -0.05) is 0 Å². The summed E-state index contributed by atoms with van der Waals surface area (Å²) in [5, 5.41) is 0. The van der Waals surface area contributed by atoms with Crippen molar-refractivity contribution in [2.45, 2.75) is 18.7 Å². The number of nitrogens with zero attached hydrogens (tertiary/aromatic N) is 3. The van der Waals surface area contributed by atoms with Crippen molar-refractivity contribution >= 4 is 32.2 Å². The second-order valence-corrected chi connectivity index (χ2v) is 8.28. The number of aromatic nitrogens is 2. The zero-order valence-electron chi connectivity index (χ0n) is 14.5. The van der Waals surface area contributed by atoms with E-state index in [1.54, 1.807) is 12.1 Å². The van der Waals surface area contributed by atoms with Crippen molar-refractivity contribution < 1.29 is 8.42 Å². The fourth-order valence-corrected chi connectivity index (χ4v) is 3.66. The summed E-state index contributed by atoms with van der Waals surface area (Å²) in [7, 11) is 0.766. The first-order valence-electron chi connectivity index (χ1n) is 7.64. The lowest BCUT2D eigenvalue weighted by Gasteiger charge is -2.23. The van der Waals surface area contributed by atoms with Crippen molar-refractivity contribution in [3.05, 3.63) is 47.8 Å². The van der Waals surface area contributed by atoms with Crippen LogP contribution in [0.1, 0.15) is 11.1 Å². The van der Waals surface area contributed by atoms with Crippen LogP contribution in [0.25, 0.3) is 11.0 Å². The molecule has 0 spiro atoms. The van der Waals surface area contributed by atoms with E-state index in [0.717, 1.165) is 33.5 Å². The molecule has 0 aliphatic rings. The number of benzene rings is 2. The first kappa shape index (κ1) is 16.5. The van der Waals surface area contributed by atoms with Crippen molar-refractivity contribution in [2.75, 3.05) is 18.2 Å². The molecule has 0 saturated carbocycles. The third-order valence-electron chi connectivity index (χ3n) is 4.35. The van der Waals surface area contributed by atoms with Crippen LogP contribution in [0.4, 0.5) is 11.4 Å². The molecule has 1 aromatic heterocycles. The Hall–Kier alpha value is -2.34. The number of hydrogen-bond donors (Lipinski definition) is 0. The highest BCUT2D eigenvalue weighted by Gasteiger charge is 2.14. The molecule has 0 amide bonds. The standard InChI is InChI=1S/C18H21N3O2S/c1-12-9-15(24(5,22)23)6-7-16(12)21(4)14-8-13(2)18-17(10-14)20(3)11-19-18/h6-11H,1-5H3. The van der Waals surface area contributed by atoms with Crippen LogP contribution in [0, 0.1) is 13.8 Å². The Balaban J connectivity index is 2.09. The summed E-state index contributed by atoms with van der Waals surface area (Å²) in [5.74, 6) is 0. The topological polar surface area (TPSA) is 55.2 Å². The van der Waals surface area contributed by atoms with Gasteiger partial charge in [0.2, 0.25) is 0 Å². The van der Waals surface area contributed by atoms with Gasteiger partial charge >= 0.3 is 0 Å². The van der Waals surface area contributed by atoms with Gasteiger partial charge in [0.25, 0.3) is 0 Å². The SMILES string of the molecule is Cc1cc(S(C)(=O)=O)ccc1N(C)c1cc(C)c2ncn(C)c2c1. The van der Waals surface area contributed by atoms with Crippen LogP contribution in [0.15, 0.2) is 41.6 Å². The Kier molecular flexibility index (Phi) is 3.87. The summed E-state index contributed by atoms with van der Waals surface area (Å²) in [6.07, 6.45) is 3.04. The van der Waals surface area contributed by atoms with E-state index in [4.69, 9.17) is 0 Å². The molecule has 2 aromatic carbocycles. The highest BCUT2D eigenvalue weighted by Crippen LogP contribution is 2.31. The quantitative estimate of drug-likeness (QED) is 0.732. The van der Waals surface area contributed by atoms with E-state index >= 15 is 0 Å². The minimum absolute atomic E-state index is 0.343. The van der Waals surface area contributed by atoms with E-state index in [1.165, 1.54) is 6.26 Å². The van der Waals surface area contributed by atoms with Gasteiger partial charge in [-0.3, -0.25) is 0 Å². The molecule has 3 aromatic rings. The number of fused-ring (bicyclic) bond motifs is 1. The number of hydrogen-bond acceptors (Lipinski definition) is 4. The van der Waals surface area contributed by atoms with Gasteiger partial charge in [0.15, 0.2) is 9.84 Å². The monoisotopic (exact) mass is 343 g/mol. The van der Waals surface area contributed by atoms with Gasteiger partial charge in [-0.15, -0.1) is 0 Å². The smallest absolute Gasteiger partial charge is 0.175 e. The van der Waals surface area contributed by atoms with Crippen LogP contribution in [0.3, 0.4) is 0 Å². The predicted octanol–water partition coefficient (Wildman–Crippen LogP) is 3.36. The fraction of sp³-hybridized carbons (Fsp3) is 0.278. The minimum atomic E-state index is -3.20. The molecule has 0 N–H and O–H groups in total. The van der Waals surface area contributed by atoms with Crippen molar-refractivity contribution in [1.29, 1.82) is 0 Å². The van der Waals surface area contributed by atoms with Crippen LogP contribution < -0.4 is 4.90 Å². The first-order valence-corrected chi connectivity index (χ1v) is 9.54. The molecule has 24 heavy (non-hydrogen) atoms. The first-order chi connectivity index (χ1) is 11.2. The molecule has 0 aliphatic heterocycles. The highest BCUT2D eigenvalue weighted by molar-refractivity contribution is 7.90. The summed E-state index contributed by atoms with van der Waals surface area (Å²) in [6.45, 7) is 3.97. The molecule has 0 saturated heterocycles. The Bertz CT molecular complexity index is 1040. The van der Waals surface area contributed by atoms with E-state index in [0.29, 0.717) is 4.90 Å². The molecule has 5 nitrogen and oxygen atoms in total. The highest BCUT2D eigenvalue weighted by atomic mass is 32.2. The van der Waals surface area contributed by atoms with Crippen LogP contribution in [0.2, 0.25) is 0 Å². The maximum Gasteiger partial charge on any atom is 0.175 e. The third kappa shape index (κ3) is 2.78. The van der Waals surface area contributed by atoms with Gasteiger partial charge in [-0.2, -0.15) is 0 Å². The Morgan fingerprint density at radius 3 is 2.42 bits per heavy atom. The summed E-state index contributed by atoms with van der Waals surface area (Å²) >= 11 is 0. The molecule has 0 unspecified atom stereocenters. The number of sulfone groups is 1. The lowest BCUT2D eigenvalue weighted by Crippen LogP contribution is -2.12. The van der Waals surface area contributed by atoms with Gasteiger partial charge in [-0.25, -0.2) is 13.4 Å². The minimum Gasteiger partial charge on any atom is -0.344 e. The van der Waals surface area contributed by atoms with Gasteiger partial charge in [-0.05, 0) is 55.3 Å². The number of anilines is 2. The lowest BCUT2D eigenvalue weighted by atomic mass is 10.1. The van der Waals surface area contributed by atoms with E-state index in [9.17, 15) is 8.42 Å². The zero-order valence-corrected chi connectivity index (χ0v) is 15.3. The lowest BCUT2D eigenvalue weighted by molar-refractivity contribution is 0.602. The summed E-state index contributed by atoms with van der Waals surface area (Å²) in [4.78, 5) is 6.84. The van der Waals surface area contributed by atoms with Crippen LogP contribution in [0.5, 0.6) is 0 Å². The normalized spacial score (nSPS) is 11.9. The average molecular weight is 343 g/mol. The predicted molar refractivity (Wildman–Crippen MR) is 97.8 cm³/mol. The number of rotatable bonds is 3. The molecule has 126 valence electrons. The van der Waals surface area contributed by atoms with Crippen LogP contribution >= 0.6 is 0 Å². The van der Waals surface area contributed by atoms with Gasteiger partial charge in [0.1, 0.15) is 0 Å². The van der Waals surface area contributed by atoms with Crippen LogP contribution in [-0.2, 0) is 16.9 Å². The number of imidazole rings is 1. The van der Waals surface area contributed by atoms with Crippen molar-refractivity contribution in [2.24, 2.45) is 7.05 Å². The van der Waals surface area contributed by atoms with Crippen molar-refractivity contribution in [1.82, 2.24) is 9.55 Å². The molecule has 0 aliphatic carbocycles. The molecule has 6 heteroatoms. The van der Waals surface area contributed by atoms with E-state index in [-0.39, 0.29) is 0 Å². The Labute approximate surface area is 142 Å². The summed E-state index contributed by atoms with van der Waals surface area (Å²) in [5.41, 5.74) is 6.12. The van der Waals surface area contributed by atoms with Crippen molar-refractivity contribution in [3.8, 4) is 0 Å². The largest absolute Gasteiger partial charge is 0.344 e. The van der Waals surface area contributed by atoms with Crippen LogP contribution in [-0.4, -0.2) is 31.3 Å². The third-order valence-corrected chi connectivity index (χ3v) is 5.46. The Morgan fingerprint density at radius 2 is 1.79 bits per heavy atom. The maximum atomic E-state index is 11.7. The molecular weight excluding hydrogens is 322 g/mol. The zero-order chi connectivity index (χ0) is 17.6. The molecule has 0 bridgehead atoms. The second-order valence-electron chi connectivity index (χ2n) is 6.27. The summed E-state index contributed by atoms with van der Waals surface area (Å²) in [6, 6.07) is 9.42. The Morgan fingerprint density at radius 1 is 1.08 bits per heavy atom. The molecule has 1 heterocycles. The number of aryl methyl sites for hydroxylation is 3. The van der Waals surface area contributed by atoms with Gasteiger partial charge < -0.3 is 9.47 Å². The summed E-state index contributed by atoms with van der Waals surface area (Å²) < 4.78 is 25.4. The molecule has 3 rings (SSSR count). The van der Waals surface area contributed by atoms with E-state index < -0.39 is 9.84 Å². The van der Waals surface area contributed by atoms with Crippen molar-refractivity contribution in [3.63, 3.8) is 0 Å². The van der Waals surface area contributed by atoms with Gasteiger partial charge in [0, 0.05) is 31.7 Å². The fourth-order valence-electron chi connectivity index (χ4n) is 2.95. The molecule has 0 atom stereocenters. The second kappa shape index (κ2) is 5.63. The maximum absolute atomic E-state index is 11.7. The molecule has 0 fully saturated rings. The molecular formula is C18H21N3O2S.